The third-order valence-corrected chi connectivity index (χ3v) is 3.59. The average Bonchev–Trinajstić information content (AvgIpc) is 2.39. The quantitative estimate of drug-likeness (QED) is 0.907. The van der Waals surface area contributed by atoms with Gasteiger partial charge in [-0.2, -0.15) is 4.98 Å². The Kier molecular flexibility index (Phi) is 4.24. The summed E-state index contributed by atoms with van der Waals surface area (Å²) < 4.78 is 5.02. The molecule has 0 amide bonds. The summed E-state index contributed by atoms with van der Waals surface area (Å²) >= 11 is 6.13. The molecule has 1 aliphatic heterocycles. The van der Waals surface area contributed by atoms with Crippen LogP contribution < -0.4 is 9.64 Å². The zero-order valence-electron chi connectivity index (χ0n) is 10.6. The normalized spacial score (nSPS) is 21.8. The Balaban J connectivity index is 2.19. The Morgan fingerprint density at radius 1 is 1.61 bits per heavy atom. The van der Waals surface area contributed by atoms with Crippen LogP contribution in [0, 0.1) is 5.92 Å². The number of halogens is 1. The minimum Gasteiger partial charge on any atom is -0.467 e. The molecule has 0 radical (unpaired) electrons. The molecular formula is C12H18ClN3O2. The van der Waals surface area contributed by atoms with Gasteiger partial charge in [0.1, 0.15) is 5.02 Å². The molecule has 2 unspecified atom stereocenters. The van der Waals surface area contributed by atoms with Gasteiger partial charge in [-0.25, -0.2) is 4.98 Å². The largest absolute Gasteiger partial charge is 0.467 e. The van der Waals surface area contributed by atoms with Crippen molar-refractivity contribution >= 4 is 17.4 Å². The fourth-order valence-electron chi connectivity index (χ4n) is 2.26. The lowest BCUT2D eigenvalue weighted by molar-refractivity contribution is 0.115. The molecule has 1 aromatic heterocycles. The molecule has 2 atom stereocenters. The van der Waals surface area contributed by atoms with Crippen LogP contribution in [-0.4, -0.2) is 41.4 Å². The Bertz CT molecular complexity index is 414. The lowest BCUT2D eigenvalue weighted by atomic mass is 9.93. The van der Waals surface area contributed by atoms with Crippen LogP contribution in [0.25, 0.3) is 0 Å². The molecule has 1 fully saturated rings. The molecule has 0 saturated carbocycles. The molecule has 100 valence electrons. The topological polar surface area (TPSA) is 58.5 Å². The number of rotatable bonds is 3. The summed E-state index contributed by atoms with van der Waals surface area (Å²) in [4.78, 5) is 10.3. The first-order valence-electron chi connectivity index (χ1n) is 6.11. The van der Waals surface area contributed by atoms with Crippen LogP contribution in [0.5, 0.6) is 6.01 Å². The fraction of sp³-hybridized carbons (Fsp3) is 0.667. The molecule has 0 aromatic carbocycles. The van der Waals surface area contributed by atoms with Gasteiger partial charge in [-0.1, -0.05) is 11.6 Å². The molecule has 1 aromatic rings. The summed E-state index contributed by atoms with van der Waals surface area (Å²) in [6.07, 6.45) is 3.30. The highest BCUT2D eigenvalue weighted by molar-refractivity contribution is 6.32. The van der Waals surface area contributed by atoms with Gasteiger partial charge in [0.2, 0.25) is 0 Å². The van der Waals surface area contributed by atoms with Crippen molar-refractivity contribution in [3.63, 3.8) is 0 Å². The predicted molar refractivity (Wildman–Crippen MR) is 70.2 cm³/mol. The van der Waals surface area contributed by atoms with Crippen molar-refractivity contribution in [2.24, 2.45) is 5.92 Å². The molecule has 1 aliphatic rings. The van der Waals surface area contributed by atoms with Gasteiger partial charge >= 0.3 is 6.01 Å². The smallest absolute Gasteiger partial charge is 0.318 e. The second-order valence-electron chi connectivity index (χ2n) is 4.62. The number of anilines is 1. The first-order chi connectivity index (χ1) is 8.61. The molecule has 0 spiro atoms. The Hall–Kier alpha value is -1.07. The van der Waals surface area contributed by atoms with Gasteiger partial charge in [-0.05, 0) is 19.8 Å². The van der Waals surface area contributed by atoms with Crippen molar-refractivity contribution in [3.05, 3.63) is 11.2 Å². The van der Waals surface area contributed by atoms with Gasteiger partial charge in [-0.15, -0.1) is 0 Å². The number of hydrogen-bond donors (Lipinski definition) is 1. The lowest BCUT2D eigenvalue weighted by Gasteiger charge is -2.35. The first kappa shape index (κ1) is 13.4. The van der Waals surface area contributed by atoms with E-state index < -0.39 is 0 Å². The van der Waals surface area contributed by atoms with Crippen molar-refractivity contribution in [2.75, 3.05) is 25.1 Å². The number of piperidine rings is 1. The van der Waals surface area contributed by atoms with Crippen molar-refractivity contribution in [1.29, 1.82) is 0 Å². The number of methoxy groups -OCH3 is 1. The van der Waals surface area contributed by atoms with Crippen LogP contribution in [0.4, 0.5) is 5.82 Å². The van der Waals surface area contributed by atoms with E-state index in [0.717, 1.165) is 25.9 Å². The van der Waals surface area contributed by atoms with Gasteiger partial charge in [0.25, 0.3) is 0 Å². The van der Waals surface area contributed by atoms with E-state index in [1.54, 1.807) is 6.20 Å². The lowest BCUT2D eigenvalue weighted by Crippen LogP contribution is -2.40. The van der Waals surface area contributed by atoms with Crippen LogP contribution in [0.1, 0.15) is 19.8 Å². The van der Waals surface area contributed by atoms with Crippen molar-refractivity contribution in [2.45, 2.75) is 25.9 Å². The van der Waals surface area contributed by atoms with E-state index >= 15 is 0 Å². The van der Waals surface area contributed by atoms with Crippen LogP contribution in [0.2, 0.25) is 5.02 Å². The minimum atomic E-state index is -0.310. The van der Waals surface area contributed by atoms with Gasteiger partial charge in [0, 0.05) is 19.0 Å². The number of aliphatic hydroxyl groups excluding tert-OH is 1. The van der Waals surface area contributed by atoms with E-state index in [1.165, 1.54) is 7.11 Å². The highest BCUT2D eigenvalue weighted by atomic mass is 35.5. The molecule has 2 heterocycles. The monoisotopic (exact) mass is 271 g/mol. The van der Waals surface area contributed by atoms with E-state index in [2.05, 4.69) is 14.9 Å². The summed E-state index contributed by atoms with van der Waals surface area (Å²) in [5, 5.41) is 10.2. The van der Waals surface area contributed by atoms with Crippen LogP contribution in [0.3, 0.4) is 0 Å². The third-order valence-electron chi connectivity index (χ3n) is 3.33. The maximum Gasteiger partial charge on any atom is 0.318 e. The zero-order chi connectivity index (χ0) is 13.1. The Labute approximate surface area is 112 Å². The second-order valence-corrected chi connectivity index (χ2v) is 5.02. The van der Waals surface area contributed by atoms with E-state index in [4.69, 9.17) is 16.3 Å². The first-order valence-corrected chi connectivity index (χ1v) is 6.49. The van der Waals surface area contributed by atoms with E-state index in [1.807, 2.05) is 6.92 Å². The molecule has 0 bridgehead atoms. The van der Waals surface area contributed by atoms with E-state index in [0.29, 0.717) is 16.9 Å². The number of aliphatic hydroxyl groups is 1. The third kappa shape index (κ3) is 2.84. The maximum absolute atomic E-state index is 9.69. The summed E-state index contributed by atoms with van der Waals surface area (Å²) in [5.74, 6) is 0.949. The van der Waals surface area contributed by atoms with Gasteiger partial charge in [0.15, 0.2) is 5.82 Å². The van der Waals surface area contributed by atoms with E-state index in [-0.39, 0.29) is 12.0 Å². The average molecular weight is 272 g/mol. The highest BCUT2D eigenvalue weighted by Gasteiger charge is 2.25. The molecule has 2 rings (SSSR count). The summed E-state index contributed by atoms with van der Waals surface area (Å²) in [6.45, 7) is 3.48. The van der Waals surface area contributed by atoms with Crippen LogP contribution in [0.15, 0.2) is 6.20 Å². The highest BCUT2D eigenvalue weighted by Crippen LogP contribution is 2.29. The number of hydrogen-bond acceptors (Lipinski definition) is 5. The van der Waals surface area contributed by atoms with Gasteiger partial charge < -0.3 is 14.7 Å². The predicted octanol–water partition coefficient (Wildman–Crippen LogP) is 1.74. The second kappa shape index (κ2) is 5.71. The Morgan fingerprint density at radius 2 is 2.39 bits per heavy atom. The number of aromatic nitrogens is 2. The van der Waals surface area contributed by atoms with Crippen molar-refractivity contribution in [1.82, 2.24) is 9.97 Å². The van der Waals surface area contributed by atoms with Gasteiger partial charge in [0.05, 0.1) is 19.4 Å². The van der Waals surface area contributed by atoms with E-state index in [9.17, 15) is 5.11 Å². The number of nitrogens with zero attached hydrogens (tertiary/aromatic N) is 3. The molecular weight excluding hydrogens is 254 g/mol. The SMILES string of the molecule is COc1ncc(Cl)c(N2CCCC(C(C)O)C2)n1. The summed E-state index contributed by atoms with van der Waals surface area (Å²) in [6, 6.07) is 0.313. The van der Waals surface area contributed by atoms with Gasteiger partial charge in [-0.3, -0.25) is 0 Å². The number of ether oxygens (including phenoxy) is 1. The van der Waals surface area contributed by atoms with Crippen molar-refractivity contribution < 1.29 is 9.84 Å². The molecule has 5 nitrogen and oxygen atoms in total. The summed E-state index contributed by atoms with van der Waals surface area (Å²) in [5.41, 5.74) is 0. The van der Waals surface area contributed by atoms with Crippen LogP contribution in [-0.2, 0) is 0 Å². The Morgan fingerprint density at radius 3 is 3.06 bits per heavy atom. The standard InChI is InChI=1S/C12H18ClN3O2/c1-8(17)9-4-3-5-16(7-9)11-10(13)6-14-12(15-11)18-2/h6,8-9,17H,3-5,7H2,1-2H3. The molecule has 1 saturated heterocycles. The van der Waals surface area contributed by atoms with Crippen LogP contribution >= 0.6 is 11.6 Å². The fourth-order valence-corrected chi connectivity index (χ4v) is 2.47. The van der Waals surface area contributed by atoms with Crippen molar-refractivity contribution in [3.8, 4) is 6.01 Å². The zero-order valence-corrected chi connectivity index (χ0v) is 11.4. The molecule has 6 heteroatoms. The maximum atomic E-state index is 9.69. The minimum absolute atomic E-state index is 0.260. The summed E-state index contributed by atoms with van der Waals surface area (Å²) in [7, 11) is 1.53. The molecule has 0 aliphatic carbocycles. The molecule has 1 N–H and O–H groups in total. The molecule has 18 heavy (non-hydrogen) atoms.